The van der Waals surface area contributed by atoms with E-state index in [1.807, 2.05) is 6.92 Å². The zero-order valence-electron chi connectivity index (χ0n) is 12.7. The molecule has 110 valence electrons. The van der Waals surface area contributed by atoms with Crippen LogP contribution in [0.5, 0.6) is 0 Å². The number of amides is 1. The lowest BCUT2D eigenvalue weighted by molar-refractivity contribution is -0.142. The lowest BCUT2D eigenvalue weighted by Crippen LogP contribution is -2.49. The van der Waals surface area contributed by atoms with Crippen molar-refractivity contribution in [2.24, 2.45) is 11.3 Å². The molecule has 2 rings (SSSR count). The normalized spacial score (nSPS) is 32.3. The van der Waals surface area contributed by atoms with Gasteiger partial charge in [0.25, 0.3) is 0 Å². The predicted octanol–water partition coefficient (Wildman–Crippen LogP) is 2.96. The Kier molecular flexibility index (Phi) is 4.54. The van der Waals surface area contributed by atoms with Crippen molar-refractivity contribution >= 4 is 5.91 Å². The van der Waals surface area contributed by atoms with Gasteiger partial charge in [0.1, 0.15) is 0 Å². The summed E-state index contributed by atoms with van der Waals surface area (Å²) in [5.41, 5.74) is 0.157. The number of carbonyl (C=O) groups excluding carboxylic acids is 1. The number of rotatable bonds is 3. The maximum Gasteiger partial charge on any atom is 0.226 e. The SMILES string of the molecule is CC(O)CC1CCCCN1C(=O)C1CCCC1(C)C. The second-order valence-electron chi connectivity index (χ2n) is 7.20. The number of carbonyl (C=O) groups is 1. The fourth-order valence-corrected chi connectivity index (χ4v) is 3.91. The van der Waals surface area contributed by atoms with E-state index in [1.54, 1.807) is 0 Å². The van der Waals surface area contributed by atoms with Crippen molar-refractivity contribution in [2.45, 2.75) is 77.9 Å². The molecule has 3 atom stereocenters. The number of aliphatic hydroxyl groups excluding tert-OH is 1. The molecule has 0 aromatic heterocycles. The minimum absolute atomic E-state index is 0.157. The summed E-state index contributed by atoms with van der Waals surface area (Å²) in [4.78, 5) is 14.9. The Hall–Kier alpha value is -0.570. The highest BCUT2D eigenvalue weighted by Gasteiger charge is 2.42. The zero-order valence-corrected chi connectivity index (χ0v) is 12.7. The summed E-state index contributed by atoms with van der Waals surface area (Å²) in [5.74, 6) is 0.551. The average molecular weight is 267 g/mol. The molecule has 0 aromatic carbocycles. The Bertz CT molecular complexity index is 325. The Morgan fingerprint density at radius 2 is 2.05 bits per heavy atom. The first kappa shape index (κ1) is 14.8. The minimum atomic E-state index is -0.310. The van der Waals surface area contributed by atoms with Gasteiger partial charge in [-0.05, 0) is 50.9 Å². The summed E-state index contributed by atoms with van der Waals surface area (Å²) in [6, 6.07) is 0.262. The Labute approximate surface area is 117 Å². The molecule has 3 nitrogen and oxygen atoms in total. The lowest BCUT2D eigenvalue weighted by Gasteiger charge is -2.40. The fourth-order valence-electron chi connectivity index (χ4n) is 3.91. The lowest BCUT2D eigenvalue weighted by atomic mass is 9.80. The van der Waals surface area contributed by atoms with Crippen LogP contribution in [0.4, 0.5) is 0 Å². The number of hydrogen-bond acceptors (Lipinski definition) is 2. The Morgan fingerprint density at radius 3 is 2.63 bits per heavy atom. The molecule has 3 heteroatoms. The molecular weight excluding hydrogens is 238 g/mol. The molecule has 0 aromatic rings. The third-order valence-corrected chi connectivity index (χ3v) is 5.08. The van der Waals surface area contributed by atoms with E-state index in [0.29, 0.717) is 5.91 Å². The molecule has 1 amide bonds. The Balaban J connectivity index is 2.07. The first-order valence-corrected chi connectivity index (χ1v) is 7.90. The molecule has 0 radical (unpaired) electrons. The summed E-state index contributed by atoms with van der Waals surface area (Å²) >= 11 is 0. The summed E-state index contributed by atoms with van der Waals surface area (Å²) in [7, 11) is 0. The van der Waals surface area contributed by atoms with Crippen LogP contribution in [0.15, 0.2) is 0 Å². The van der Waals surface area contributed by atoms with E-state index >= 15 is 0 Å². The van der Waals surface area contributed by atoms with Crippen LogP contribution < -0.4 is 0 Å². The molecule has 1 aliphatic carbocycles. The van der Waals surface area contributed by atoms with Crippen LogP contribution in [0.3, 0.4) is 0 Å². The monoisotopic (exact) mass is 267 g/mol. The molecule has 1 N–H and O–H groups in total. The van der Waals surface area contributed by atoms with E-state index in [-0.39, 0.29) is 23.5 Å². The number of likely N-dealkylation sites (tertiary alicyclic amines) is 1. The summed E-state index contributed by atoms with van der Waals surface area (Å²) in [6.07, 6.45) is 7.18. The van der Waals surface area contributed by atoms with Crippen LogP contribution in [0.25, 0.3) is 0 Å². The highest BCUT2D eigenvalue weighted by Crippen LogP contribution is 2.44. The first-order valence-electron chi connectivity index (χ1n) is 7.90. The van der Waals surface area contributed by atoms with E-state index in [2.05, 4.69) is 18.7 Å². The van der Waals surface area contributed by atoms with Crippen molar-refractivity contribution in [3.05, 3.63) is 0 Å². The van der Waals surface area contributed by atoms with Gasteiger partial charge in [-0.15, -0.1) is 0 Å². The van der Waals surface area contributed by atoms with Gasteiger partial charge < -0.3 is 10.0 Å². The smallest absolute Gasteiger partial charge is 0.226 e. The molecule has 1 saturated heterocycles. The molecule has 2 fully saturated rings. The van der Waals surface area contributed by atoms with Crippen LogP contribution in [0, 0.1) is 11.3 Å². The van der Waals surface area contributed by atoms with E-state index in [4.69, 9.17) is 0 Å². The molecule has 19 heavy (non-hydrogen) atoms. The van der Waals surface area contributed by atoms with Gasteiger partial charge in [-0.2, -0.15) is 0 Å². The van der Waals surface area contributed by atoms with Crippen LogP contribution in [-0.2, 0) is 4.79 Å². The fraction of sp³-hybridized carbons (Fsp3) is 0.938. The summed E-state index contributed by atoms with van der Waals surface area (Å²) in [5, 5.41) is 9.63. The van der Waals surface area contributed by atoms with Gasteiger partial charge >= 0.3 is 0 Å². The number of piperidine rings is 1. The predicted molar refractivity (Wildman–Crippen MR) is 76.8 cm³/mol. The highest BCUT2D eigenvalue weighted by atomic mass is 16.3. The summed E-state index contributed by atoms with van der Waals surface area (Å²) in [6.45, 7) is 7.19. The van der Waals surface area contributed by atoms with Gasteiger partial charge in [0.15, 0.2) is 0 Å². The van der Waals surface area contributed by atoms with Gasteiger partial charge in [0, 0.05) is 18.5 Å². The van der Waals surface area contributed by atoms with Crippen LogP contribution in [0.2, 0.25) is 0 Å². The third-order valence-electron chi connectivity index (χ3n) is 5.08. The van der Waals surface area contributed by atoms with Crippen molar-refractivity contribution in [1.82, 2.24) is 4.90 Å². The van der Waals surface area contributed by atoms with Crippen molar-refractivity contribution in [3.8, 4) is 0 Å². The van der Waals surface area contributed by atoms with Crippen LogP contribution in [-0.4, -0.2) is 34.6 Å². The van der Waals surface area contributed by atoms with E-state index in [0.717, 1.165) is 38.6 Å². The zero-order chi connectivity index (χ0) is 14.0. The molecule has 1 heterocycles. The third kappa shape index (κ3) is 3.31. The largest absolute Gasteiger partial charge is 0.393 e. The molecule has 0 bridgehead atoms. The van der Waals surface area contributed by atoms with Gasteiger partial charge in [-0.25, -0.2) is 0 Å². The topological polar surface area (TPSA) is 40.5 Å². The van der Waals surface area contributed by atoms with Crippen LogP contribution >= 0.6 is 0 Å². The second-order valence-corrected chi connectivity index (χ2v) is 7.20. The van der Waals surface area contributed by atoms with Gasteiger partial charge in [0.05, 0.1) is 6.10 Å². The van der Waals surface area contributed by atoms with Crippen molar-refractivity contribution in [1.29, 1.82) is 0 Å². The van der Waals surface area contributed by atoms with E-state index < -0.39 is 0 Å². The number of nitrogens with zero attached hydrogens (tertiary/aromatic N) is 1. The van der Waals surface area contributed by atoms with Crippen LogP contribution in [0.1, 0.15) is 65.7 Å². The highest BCUT2D eigenvalue weighted by molar-refractivity contribution is 5.80. The van der Waals surface area contributed by atoms with Gasteiger partial charge in [-0.1, -0.05) is 20.3 Å². The van der Waals surface area contributed by atoms with Crippen molar-refractivity contribution < 1.29 is 9.90 Å². The van der Waals surface area contributed by atoms with Crippen molar-refractivity contribution in [3.63, 3.8) is 0 Å². The first-order chi connectivity index (χ1) is 8.92. The van der Waals surface area contributed by atoms with Crippen molar-refractivity contribution in [2.75, 3.05) is 6.54 Å². The Morgan fingerprint density at radius 1 is 1.32 bits per heavy atom. The van der Waals surface area contributed by atoms with E-state index in [9.17, 15) is 9.90 Å². The second kappa shape index (κ2) is 5.82. The maximum absolute atomic E-state index is 12.9. The number of aliphatic hydroxyl groups is 1. The van der Waals surface area contributed by atoms with Gasteiger partial charge in [-0.3, -0.25) is 4.79 Å². The molecule has 1 aliphatic heterocycles. The molecular formula is C16H29NO2. The quantitative estimate of drug-likeness (QED) is 0.854. The minimum Gasteiger partial charge on any atom is -0.393 e. The summed E-state index contributed by atoms with van der Waals surface area (Å²) < 4.78 is 0. The molecule has 0 spiro atoms. The maximum atomic E-state index is 12.9. The molecule has 1 saturated carbocycles. The van der Waals surface area contributed by atoms with E-state index in [1.165, 1.54) is 12.8 Å². The molecule has 2 aliphatic rings. The number of hydrogen-bond donors (Lipinski definition) is 1. The standard InChI is InChI=1S/C16H29NO2/c1-12(18)11-13-7-4-5-10-17(13)15(19)14-8-6-9-16(14,2)3/h12-14,18H,4-11H2,1-3H3. The van der Waals surface area contributed by atoms with Gasteiger partial charge in [0.2, 0.25) is 5.91 Å². The molecule has 3 unspecified atom stereocenters. The average Bonchev–Trinajstić information content (AvgIpc) is 2.68.